The van der Waals surface area contributed by atoms with Crippen LogP contribution < -0.4 is 0 Å². The Bertz CT molecular complexity index is 260. The van der Waals surface area contributed by atoms with Crippen LogP contribution in [0.25, 0.3) is 0 Å². The van der Waals surface area contributed by atoms with Gasteiger partial charge >= 0.3 is 5.97 Å². The molecule has 2 fully saturated rings. The van der Waals surface area contributed by atoms with Crippen LogP contribution in [-0.4, -0.2) is 12.1 Å². The van der Waals surface area contributed by atoms with Crippen molar-refractivity contribution in [3.05, 3.63) is 0 Å². The Morgan fingerprint density at radius 2 is 1.65 bits per heavy atom. The van der Waals surface area contributed by atoms with Crippen LogP contribution in [0.2, 0.25) is 0 Å². The molecular formula is C15H26O2. The average Bonchev–Trinajstić information content (AvgIpc) is 2.28. The zero-order chi connectivity index (χ0) is 12.4. The maximum Gasteiger partial charge on any atom is 0.308 e. The summed E-state index contributed by atoms with van der Waals surface area (Å²) in [6.07, 6.45) is 8.33. The molecule has 0 aliphatic heterocycles. The summed E-state index contributed by atoms with van der Waals surface area (Å²) >= 11 is 0. The number of ether oxygens (including phenoxy) is 1. The summed E-state index contributed by atoms with van der Waals surface area (Å²) < 4.78 is 5.58. The third-order valence-electron chi connectivity index (χ3n) is 4.60. The lowest BCUT2D eigenvalue weighted by molar-refractivity contribution is -0.156. The van der Waals surface area contributed by atoms with Crippen LogP contribution in [0, 0.1) is 23.7 Å². The van der Waals surface area contributed by atoms with Crippen LogP contribution in [0.4, 0.5) is 0 Å². The Labute approximate surface area is 105 Å². The SMILES string of the molecule is CC(C)C(=O)OC(C)C1CC2CCCC(C2)C1. The second-order valence-corrected chi connectivity index (χ2v) is 6.43. The first-order valence-corrected chi connectivity index (χ1v) is 7.26. The molecule has 0 N–H and O–H groups in total. The number of esters is 1. The van der Waals surface area contributed by atoms with Gasteiger partial charge in [0.05, 0.1) is 5.92 Å². The van der Waals surface area contributed by atoms with Crippen LogP contribution in [-0.2, 0) is 9.53 Å². The van der Waals surface area contributed by atoms with E-state index < -0.39 is 0 Å². The monoisotopic (exact) mass is 238 g/mol. The fraction of sp³-hybridized carbons (Fsp3) is 0.933. The molecule has 0 heterocycles. The predicted octanol–water partition coefficient (Wildman–Crippen LogP) is 3.79. The molecular weight excluding hydrogens is 212 g/mol. The molecule has 98 valence electrons. The van der Waals surface area contributed by atoms with E-state index in [1.54, 1.807) is 0 Å². The minimum atomic E-state index is -0.0340. The van der Waals surface area contributed by atoms with Gasteiger partial charge in [-0.3, -0.25) is 4.79 Å². The normalized spacial score (nSPS) is 34.5. The van der Waals surface area contributed by atoms with E-state index in [0.29, 0.717) is 5.92 Å². The summed E-state index contributed by atoms with van der Waals surface area (Å²) in [6, 6.07) is 0. The van der Waals surface area contributed by atoms with Crippen LogP contribution in [0.1, 0.15) is 59.3 Å². The van der Waals surface area contributed by atoms with Crippen molar-refractivity contribution in [2.24, 2.45) is 23.7 Å². The van der Waals surface area contributed by atoms with Crippen LogP contribution >= 0.6 is 0 Å². The Morgan fingerprint density at radius 3 is 2.18 bits per heavy atom. The fourth-order valence-electron chi connectivity index (χ4n) is 3.58. The number of rotatable bonds is 3. The van der Waals surface area contributed by atoms with E-state index >= 15 is 0 Å². The second-order valence-electron chi connectivity index (χ2n) is 6.43. The molecule has 3 unspecified atom stereocenters. The van der Waals surface area contributed by atoms with Crippen molar-refractivity contribution < 1.29 is 9.53 Å². The molecule has 0 aromatic carbocycles. The highest BCUT2D eigenvalue weighted by Gasteiger charge is 2.35. The Hall–Kier alpha value is -0.530. The molecule has 2 nitrogen and oxygen atoms in total. The van der Waals surface area contributed by atoms with Gasteiger partial charge in [-0.2, -0.15) is 0 Å². The number of carbonyl (C=O) groups is 1. The lowest BCUT2D eigenvalue weighted by Gasteiger charge is -2.41. The van der Waals surface area contributed by atoms with Crippen LogP contribution in [0.15, 0.2) is 0 Å². The summed E-state index contributed by atoms with van der Waals surface area (Å²) in [4.78, 5) is 11.6. The highest BCUT2D eigenvalue weighted by atomic mass is 16.5. The first-order chi connectivity index (χ1) is 8.06. The smallest absolute Gasteiger partial charge is 0.308 e. The van der Waals surface area contributed by atoms with Gasteiger partial charge in [0.15, 0.2) is 0 Å². The Kier molecular flexibility index (Phi) is 4.11. The number of fused-ring (bicyclic) bond motifs is 2. The molecule has 3 atom stereocenters. The van der Waals surface area contributed by atoms with Crippen LogP contribution in [0.5, 0.6) is 0 Å². The third-order valence-corrected chi connectivity index (χ3v) is 4.60. The molecule has 0 saturated heterocycles. The molecule has 17 heavy (non-hydrogen) atoms. The molecule has 2 saturated carbocycles. The van der Waals surface area contributed by atoms with Gasteiger partial charge in [0.2, 0.25) is 0 Å². The lowest BCUT2D eigenvalue weighted by atomic mass is 9.67. The van der Waals surface area contributed by atoms with Crippen molar-refractivity contribution in [3.63, 3.8) is 0 Å². The topological polar surface area (TPSA) is 26.3 Å². The van der Waals surface area contributed by atoms with Gasteiger partial charge in [-0.15, -0.1) is 0 Å². The minimum Gasteiger partial charge on any atom is -0.462 e. The van der Waals surface area contributed by atoms with Crippen molar-refractivity contribution in [1.29, 1.82) is 0 Å². The minimum absolute atomic E-state index is 0.000500. The maximum absolute atomic E-state index is 11.6. The zero-order valence-electron chi connectivity index (χ0n) is 11.4. The summed E-state index contributed by atoms with van der Waals surface area (Å²) in [5, 5.41) is 0. The van der Waals surface area contributed by atoms with Gasteiger partial charge in [-0.1, -0.05) is 33.1 Å². The van der Waals surface area contributed by atoms with E-state index in [0.717, 1.165) is 11.8 Å². The molecule has 2 aliphatic carbocycles. The molecule has 0 aromatic rings. The quantitative estimate of drug-likeness (QED) is 0.699. The van der Waals surface area contributed by atoms with Crippen molar-refractivity contribution in [2.45, 2.75) is 65.4 Å². The zero-order valence-corrected chi connectivity index (χ0v) is 11.4. The van der Waals surface area contributed by atoms with Crippen molar-refractivity contribution in [2.75, 3.05) is 0 Å². The standard InChI is InChI=1S/C15H26O2/c1-10(2)15(16)17-11(3)14-8-12-5-4-6-13(7-12)9-14/h10-14H,4-9H2,1-3H3. The molecule has 2 aliphatic rings. The highest BCUT2D eigenvalue weighted by molar-refractivity contribution is 5.71. The number of carbonyl (C=O) groups excluding carboxylic acids is 1. The van der Waals surface area contributed by atoms with Crippen molar-refractivity contribution >= 4 is 5.97 Å². The molecule has 0 radical (unpaired) electrons. The van der Waals surface area contributed by atoms with Gasteiger partial charge in [0, 0.05) is 0 Å². The molecule has 0 amide bonds. The summed E-state index contributed by atoms with van der Waals surface area (Å²) in [7, 11) is 0. The lowest BCUT2D eigenvalue weighted by Crippen LogP contribution is -2.35. The fourth-order valence-corrected chi connectivity index (χ4v) is 3.58. The molecule has 0 spiro atoms. The van der Waals surface area contributed by atoms with Crippen molar-refractivity contribution in [3.8, 4) is 0 Å². The van der Waals surface area contributed by atoms with Crippen LogP contribution in [0.3, 0.4) is 0 Å². The van der Waals surface area contributed by atoms with E-state index in [9.17, 15) is 4.79 Å². The van der Waals surface area contributed by atoms with Crippen molar-refractivity contribution in [1.82, 2.24) is 0 Å². The molecule has 2 bridgehead atoms. The summed E-state index contributed by atoms with van der Waals surface area (Å²) in [5.74, 6) is 2.40. The largest absolute Gasteiger partial charge is 0.462 e. The molecule has 2 heteroatoms. The number of hydrogen-bond donors (Lipinski definition) is 0. The number of hydrogen-bond acceptors (Lipinski definition) is 2. The van der Waals surface area contributed by atoms with E-state index in [4.69, 9.17) is 4.74 Å². The van der Waals surface area contributed by atoms with Gasteiger partial charge in [-0.05, 0) is 43.9 Å². The average molecular weight is 238 g/mol. The first-order valence-electron chi connectivity index (χ1n) is 7.26. The van der Waals surface area contributed by atoms with E-state index in [1.165, 1.54) is 38.5 Å². The summed E-state index contributed by atoms with van der Waals surface area (Å²) in [5.41, 5.74) is 0. The maximum atomic E-state index is 11.6. The Balaban J connectivity index is 1.87. The summed E-state index contributed by atoms with van der Waals surface area (Å²) in [6.45, 7) is 5.90. The molecule has 2 rings (SSSR count). The van der Waals surface area contributed by atoms with Gasteiger partial charge in [0.25, 0.3) is 0 Å². The first kappa shape index (κ1) is 12.9. The highest BCUT2D eigenvalue weighted by Crippen LogP contribution is 2.44. The van der Waals surface area contributed by atoms with E-state index in [2.05, 4.69) is 6.92 Å². The van der Waals surface area contributed by atoms with E-state index in [-0.39, 0.29) is 18.0 Å². The second kappa shape index (κ2) is 5.41. The molecule has 0 aromatic heterocycles. The van der Waals surface area contributed by atoms with E-state index in [1.807, 2.05) is 13.8 Å². The van der Waals surface area contributed by atoms with Gasteiger partial charge < -0.3 is 4.74 Å². The predicted molar refractivity (Wildman–Crippen MR) is 68.6 cm³/mol. The van der Waals surface area contributed by atoms with Gasteiger partial charge in [0.1, 0.15) is 6.10 Å². The third kappa shape index (κ3) is 3.23. The Morgan fingerprint density at radius 1 is 1.06 bits per heavy atom. The van der Waals surface area contributed by atoms with Gasteiger partial charge in [-0.25, -0.2) is 0 Å².